The number of likely N-dealkylation sites (N-methyl/N-ethyl adjacent to an activating group) is 1. The van der Waals surface area contributed by atoms with Crippen molar-refractivity contribution in [3.8, 4) is 0 Å². The van der Waals surface area contributed by atoms with Gasteiger partial charge in [0.2, 0.25) is 5.91 Å². The molecule has 2 unspecified atom stereocenters. The maximum absolute atomic E-state index is 13.6. The van der Waals surface area contributed by atoms with Gasteiger partial charge in [-0.15, -0.1) is 0 Å². The summed E-state index contributed by atoms with van der Waals surface area (Å²) in [5, 5.41) is 9.70. The van der Waals surface area contributed by atoms with Crippen LogP contribution in [-0.2, 0) is 4.79 Å². The Labute approximate surface area is 117 Å². The Morgan fingerprint density at radius 3 is 2.45 bits per heavy atom. The van der Waals surface area contributed by atoms with Crippen molar-refractivity contribution in [2.45, 2.75) is 31.8 Å². The van der Waals surface area contributed by atoms with Crippen LogP contribution < -0.4 is 0 Å². The Balaban J connectivity index is 2.06. The molecule has 0 bridgehead atoms. The molecule has 0 aliphatic heterocycles. The Hall–Kier alpha value is -1.49. The molecule has 1 aliphatic carbocycles. The van der Waals surface area contributed by atoms with Gasteiger partial charge in [-0.1, -0.05) is 6.07 Å². The van der Waals surface area contributed by atoms with E-state index in [2.05, 4.69) is 0 Å². The summed E-state index contributed by atoms with van der Waals surface area (Å²) in [6, 6.07) is 3.73. The number of carbonyl (C=O) groups excluding carboxylic acids is 1. The molecule has 0 spiro atoms. The molecule has 2 rings (SSSR count). The maximum Gasteiger partial charge on any atom is 0.226 e. The Kier molecular flexibility index (Phi) is 3.82. The minimum Gasteiger partial charge on any atom is -0.389 e. The van der Waals surface area contributed by atoms with Gasteiger partial charge in [0, 0.05) is 31.0 Å². The lowest BCUT2D eigenvalue weighted by atomic mass is 10.1. The third-order valence-corrected chi connectivity index (χ3v) is 3.48. The van der Waals surface area contributed by atoms with Gasteiger partial charge in [-0.05, 0) is 32.4 Å². The first-order chi connectivity index (χ1) is 9.20. The highest BCUT2D eigenvalue weighted by Gasteiger charge is 2.47. The molecule has 1 saturated carbocycles. The minimum absolute atomic E-state index is 0.00232. The van der Waals surface area contributed by atoms with Crippen molar-refractivity contribution < 1.29 is 18.7 Å². The first-order valence-corrected chi connectivity index (χ1v) is 6.62. The standard InChI is InChI=1S/C15H19F2NO2/c1-15(2,20)8-18(3)14(19)10-7-9(10)13-11(16)5-4-6-12(13)17/h4-6,9-10,20H,7-8H2,1-3H3. The molecule has 1 amide bonds. The lowest BCUT2D eigenvalue weighted by molar-refractivity contribution is -0.134. The number of rotatable bonds is 4. The van der Waals surface area contributed by atoms with Crippen LogP contribution in [0.4, 0.5) is 8.78 Å². The zero-order chi connectivity index (χ0) is 15.1. The molecule has 1 N–H and O–H groups in total. The summed E-state index contributed by atoms with van der Waals surface area (Å²) >= 11 is 0. The van der Waals surface area contributed by atoms with Crippen molar-refractivity contribution in [2.24, 2.45) is 5.92 Å². The van der Waals surface area contributed by atoms with Gasteiger partial charge in [0.25, 0.3) is 0 Å². The fourth-order valence-corrected chi connectivity index (χ4v) is 2.59. The number of carbonyl (C=O) groups is 1. The van der Waals surface area contributed by atoms with Crippen molar-refractivity contribution in [1.82, 2.24) is 4.90 Å². The van der Waals surface area contributed by atoms with Crippen LogP contribution in [0, 0.1) is 17.6 Å². The number of halogens is 2. The molecule has 3 nitrogen and oxygen atoms in total. The van der Waals surface area contributed by atoms with Gasteiger partial charge in [0.15, 0.2) is 0 Å². The highest BCUT2D eigenvalue weighted by molar-refractivity contribution is 5.83. The lowest BCUT2D eigenvalue weighted by Crippen LogP contribution is -2.40. The van der Waals surface area contributed by atoms with E-state index in [1.807, 2.05) is 0 Å². The second kappa shape index (κ2) is 5.13. The second-order valence-electron chi connectivity index (χ2n) is 6.09. The molecule has 1 aromatic rings. The highest BCUT2D eigenvalue weighted by atomic mass is 19.1. The third kappa shape index (κ3) is 3.15. The van der Waals surface area contributed by atoms with Gasteiger partial charge >= 0.3 is 0 Å². The van der Waals surface area contributed by atoms with Crippen molar-refractivity contribution in [2.75, 3.05) is 13.6 Å². The van der Waals surface area contributed by atoms with Gasteiger partial charge in [-0.25, -0.2) is 8.78 Å². The van der Waals surface area contributed by atoms with Crippen LogP contribution in [0.15, 0.2) is 18.2 Å². The number of hydrogen-bond donors (Lipinski definition) is 1. The smallest absolute Gasteiger partial charge is 0.226 e. The topological polar surface area (TPSA) is 40.5 Å². The molecule has 20 heavy (non-hydrogen) atoms. The van der Waals surface area contributed by atoms with Gasteiger partial charge in [-0.2, -0.15) is 0 Å². The monoisotopic (exact) mass is 283 g/mol. The normalized spacial score (nSPS) is 21.7. The maximum atomic E-state index is 13.6. The fourth-order valence-electron chi connectivity index (χ4n) is 2.59. The predicted molar refractivity (Wildman–Crippen MR) is 71.1 cm³/mol. The molecule has 1 aromatic carbocycles. The van der Waals surface area contributed by atoms with E-state index in [0.29, 0.717) is 6.42 Å². The summed E-state index contributed by atoms with van der Waals surface area (Å²) in [5.74, 6) is -2.17. The second-order valence-corrected chi connectivity index (χ2v) is 6.09. The highest BCUT2D eigenvalue weighted by Crippen LogP contribution is 2.50. The molecule has 1 fully saturated rings. The van der Waals surface area contributed by atoms with Gasteiger partial charge in [0.05, 0.1) is 5.60 Å². The van der Waals surface area contributed by atoms with Crippen LogP contribution in [0.2, 0.25) is 0 Å². The van der Waals surface area contributed by atoms with Crippen LogP contribution in [0.5, 0.6) is 0 Å². The van der Waals surface area contributed by atoms with E-state index < -0.39 is 29.1 Å². The van der Waals surface area contributed by atoms with Crippen molar-refractivity contribution in [1.29, 1.82) is 0 Å². The van der Waals surface area contributed by atoms with E-state index >= 15 is 0 Å². The van der Waals surface area contributed by atoms with Crippen LogP contribution in [-0.4, -0.2) is 35.1 Å². The molecule has 0 heterocycles. The molecule has 0 radical (unpaired) electrons. The summed E-state index contributed by atoms with van der Waals surface area (Å²) in [4.78, 5) is 13.6. The number of amides is 1. The SMILES string of the molecule is CN(CC(C)(C)O)C(=O)C1CC1c1c(F)cccc1F. The van der Waals surface area contributed by atoms with Crippen LogP contribution in [0.25, 0.3) is 0 Å². The number of nitrogens with zero attached hydrogens (tertiary/aromatic N) is 1. The van der Waals surface area contributed by atoms with Gasteiger partial charge < -0.3 is 10.0 Å². The van der Waals surface area contributed by atoms with E-state index in [0.717, 1.165) is 0 Å². The first kappa shape index (κ1) is 14.9. The Morgan fingerprint density at radius 1 is 1.40 bits per heavy atom. The molecule has 1 aliphatic rings. The van der Waals surface area contributed by atoms with Crippen LogP contribution in [0.1, 0.15) is 31.7 Å². The Morgan fingerprint density at radius 2 is 1.95 bits per heavy atom. The molecular weight excluding hydrogens is 264 g/mol. The number of hydrogen-bond acceptors (Lipinski definition) is 2. The van der Waals surface area contributed by atoms with E-state index in [-0.39, 0.29) is 18.0 Å². The molecule has 110 valence electrons. The zero-order valence-electron chi connectivity index (χ0n) is 11.9. The van der Waals surface area contributed by atoms with Gasteiger partial charge in [0.1, 0.15) is 11.6 Å². The van der Waals surface area contributed by atoms with E-state index in [1.165, 1.54) is 23.1 Å². The third-order valence-electron chi connectivity index (χ3n) is 3.48. The number of benzene rings is 1. The summed E-state index contributed by atoms with van der Waals surface area (Å²) in [6.07, 6.45) is 0.451. The minimum atomic E-state index is -0.988. The molecule has 2 atom stereocenters. The van der Waals surface area contributed by atoms with Crippen molar-refractivity contribution in [3.05, 3.63) is 35.4 Å². The largest absolute Gasteiger partial charge is 0.389 e. The van der Waals surface area contributed by atoms with Crippen molar-refractivity contribution in [3.63, 3.8) is 0 Å². The molecule has 0 aromatic heterocycles. The fraction of sp³-hybridized carbons (Fsp3) is 0.533. The molecular formula is C15H19F2NO2. The summed E-state index contributed by atoms with van der Waals surface area (Å²) in [6.45, 7) is 3.41. The Bertz CT molecular complexity index is 505. The molecule has 0 saturated heterocycles. The van der Waals surface area contributed by atoms with E-state index in [1.54, 1.807) is 20.9 Å². The zero-order valence-corrected chi connectivity index (χ0v) is 11.9. The van der Waals surface area contributed by atoms with E-state index in [9.17, 15) is 18.7 Å². The number of aliphatic hydroxyl groups is 1. The summed E-state index contributed by atoms with van der Waals surface area (Å²) in [5.41, 5.74) is -0.986. The first-order valence-electron chi connectivity index (χ1n) is 6.62. The lowest BCUT2D eigenvalue weighted by Gasteiger charge is -2.25. The molecule has 5 heteroatoms. The summed E-state index contributed by atoms with van der Waals surface area (Å²) in [7, 11) is 1.59. The van der Waals surface area contributed by atoms with Crippen molar-refractivity contribution >= 4 is 5.91 Å². The van der Waals surface area contributed by atoms with E-state index in [4.69, 9.17) is 0 Å². The van der Waals surface area contributed by atoms with Crippen LogP contribution in [0.3, 0.4) is 0 Å². The van der Waals surface area contributed by atoms with Crippen LogP contribution >= 0.6 is 0 Å². The predicted octanol–water partition coefficient (Wildman–Crippen LogP) is 2.30. The average molecular weight is 283 g/mol. The average Bonchev–Trinajstić information content (AvgIpc) is 3.05. The quantitative estimate of drug-likeness (QED) is 0.921. The van der Waals surface area contributed by atoms with Gasteiger partial charge in [-0.3, -0.25) is 4.79 Å². The summed E-state index contributed by atoms with van der Waals surface area (Å²) < 4.78 is 27.3.